The van der Waals surface area contributed by atoms with E-state index in [1.54, 1.807) is 12.1 Å². The number of hydrogen-bond donors (Lipinski definition) is 2. The third-order valence-corrected chi connectivity index (χ3v) is 3.53. The lowest BCUT2D eigenvalue weighted by Gasteiger charge is -2.11. The molecule has 0 heterocycles. The van der Waals surface area contributed by atoms with Crippen LogP contribution in [0.15, 0.2) is 24.3 Å². The van der Waals surface area contributed by atoms with Crippen molar-refractivity contribution < 1.29 is 13.9 Å². The van der Waals surface area contributed by atoms with E-state index in [0.29, 0.717) is 21.3 Å². The van der Waals surface area contributed by atoms with Crippen LogP contribution < -0.4 is 5.32 Å². The lowest BCUT2D eigenvalue weighted by atomic mass is 10.2. The summed E-state index contributed by atoms with van der Waals surface area (Å²) in [5.41, 5.74) is 1.74. The van der Waals surface area contributed by atoms with E-state index in [1.807, 2.05) is 6.92 Å². The van der Waals surface area contributed by atoms with Gasteiger partial charge in [0, 0.05) is 11.6 Å². The van der Waals surface area contributed by atoms with Gasteiger partial charge < -0.3 is 10.4 Å². The second-order valence-electron chi connectivity index (χ2n) is 4.34. The minimum absolute atomic E-state index is 0.146. The first-order valence-electron chi connectivity index (χ1n) is 5.75. The predicted octanol–water partition coefficient (Wildman–Crippen LogP) is 4.90. The number of phenolic OH excluding ortho intramolecular Hbond substituents is 1. The molecule has 0 aliphatic heterocycles. The van der Waals surface area contributed by atoms with Crippen molar-refractivity contribution in [3.05, 3.63) is 57.1 Å². The van der Waals surface area contributed by atoms with Crippen molar-refractivity contribution >= 4 is 28.9 Å². The van der Waals surface area contributed by atoms with Gasteiger partial charge in [-0.3, -0.25) is 0 Å². The molecule has 0 atom stereocenters. The van der Waals surface area contributed by atoms with E-state index in [1.165, 1.54) is 0 Å². The van der Waals surface area contributed by atoms with Crippen molar-refractivity contribution in [1.29, 1.82) is 0 Å². The summed E-state index contributed by atoms with van der Waals surface area (Å²) in [6, 6.07) is 5.45. The van der Waals surface area contributed by atoms with Gasteiger partial charge in [-0.2, -0.15) is 0 Å². The molecule has 0 saturated carbocycles. The maximum Gasteiger partial charge on any atom is 0.187 e. The smallest absolute Gasteiger partial charge is 0.187 e. The van der Waals surface area contributed by atoms with Crippen molar-refractivity contribution in [2.45, 2.75) is 13.5 Å². The number of phenols is 1. The molecule has 2 aromatic carbocycles. The average molecular weight is 318 g/mol. The van der Waals surface area contributed by atoms with Gasteiger partial charge in [0.15, 0.2) is 17.4 Å². The van der Waals surface area contributed by atoms with Crippen LogP contribution >= 0.6 is 23.2 Å². The third kappa shape index (κ3) is 3.14. The van der Waals surface area contributed by atoms with Crippen molar-refractivity contribution in [2.75, 3.05) is 5.32 Å². The highest BCUT2D eigenvalue weighted by molar-refractivity contribution is 6.35. The largest absolute Gasteiger partial charge is 0.503 e. The molecule has 2 rings (SSSR count). The maximum absolute atomic E-state index is 13.2. The second-order valence-corrected chi connectivity index (χ2v) is 5.16. The number of hydrogen-bond acceptors (Lipinski definition) is 2. The Labute approximate surface area is 125 Å². The lowest BCUT2D eigenvalue weighted by Crippen LogP contribution is -2.02. The Hall–Kier alpha value is -1.52. The molecule has 6 heteroatoms. The monoisotopic (exact) mass is 317 g/mol. The molecule has 0 saturated heterocycles. The molecule has 0 spiro atoms. The van der Waals surface area contributed by atoms with Crippen LogP contribution in [0.3, 0.4) is 0 Å². The number of aryl methyl sites for hydroxylation is 1. The normalized spacial score (nSPS) is 10.7. The van der Waals surface area contributed by atoms with E-state index in [2.05, 4.69) is 5.32 Å². The summed E-state index contributed by atoms with van der Waals surface area (Å²) in [5.74, 6) is -2.99. The Bertz CT molecular complexity index is 639. The van der Waals surface area contributed by atoms with Gasteiger partial charge >= 0.3 is 0 Å². The molecular formula is C14H11Cl2F2NO. The fourth-order valence-electron chi connectivity index (χ4n) is 1.70. The molecular weight excluding hydrogens is 307 g/mol. The number of benzene rings is 2. The van der Waals surface area contributed by atoms with E-state index in [4.69, 9.17) is 28.3 Å². The van der Waals surface area contributed by atoms with E-state index in [9.17, 15) is 8.78 Å². The first kappa shape index (κ1) is 14.9. The second kappa shape index (κ2) is 5.85. The van der Waals surface area contributed by atoms with Crippen molar-refractivity contribution in [2.24, 2.45) is 0 Å². The molecule has 2 aromatic rings. The van der Waals surface area contributed by atoms with Gasteiger partial charge in [-0.1, -0.05) is 23.2 Å². The van der Waals surface area contributed by atoms with Crippen LogP contribution in [-0.2, 0) is 6.54 Å². The van der Waals surface area contributed by atoms with Crippen LogP contribution in [0, 0.1) is 18.6 Å². The van der Waals surface area contributed by atoms with E-state index in [-0.39, 0.29) is 6.54 Å². The van der Waals surface area contributed by atoms with Crippen LogP contribution in [0.25, 0.3) is 0 Å². The molecule has 0 amide bonds. The molecule has 0 aromatic heterocycles. The number of aromatic hydroxyl groups is 1. The topological polar surface area (TPSA) is 32.3 Å². The molecule has 0 unspecified atom stereocenters. The van der Waals surface area contributed by atoms with Crippen LogP contribution in [0.4, 0.5) is 14.5 Å². The van der Waals surface area contributed by atoms with Gasteiger partial charge in [0.1, 0.15) is 0 Å². The third-order valence-electron chi connectivity index (χ3n) is 2.81. The van der Waals surface area contributed by atoms with Gasteiger partial charge in [-0.15, -0.1) is 0 Å². The Morgan fingerprint density at radius 3 is 2.25 bits per heavy atom. The molecule has 0 aliphatic carbocycles. The minimum Gasteiger partial charge on any atom is -0.503 e. The molecule has 2 nitrogen and oxygen atoms in total. The summed E-state index contributed by atoms with van der Waals surface area (Å²) in [6.45, 7) is 1.97. The average Bonchev–Trinajstić information content (AvgIpc) is 2.38. The van der Waals surface area contributed by atoms with Gasteiger partial charge in [0.2, 0.25) is 0 Å². The summed E-state index contributed by atoms with van der Waals surface area (Å²) in [6.07, 6.45) is 0. The van der Waals surface area contributed by atoms with Crippen LogP contribution in [0.2, 0.25) is 10.0 Å². The number of halogens is 4. The number of anilines is 1. The van der Waals surface area contributed by atoms with Crippen molar-refractivity contribution in [1.82, 2.24) is 0 Å². The van der Waals surface area contributed by atoms with Gasteiger partial charge in [-0.05, 0) is 42.3 Å². The fourth-order valence-corrected chi connectivity index (χ4v) is 2.15. The summed E-state index contributed by atoms with van der Waals surface area (Å²) in [7, 11) is 0. The van der Waals surface area contributed by atoms with Crippen molar-refractivity contribution in [3.63, 3.8) is 0 Å². The van der Waals surface area contributed by atoms with E-state index >= 15 is 0 Å². The van der Waals surface area contributed by atoms with Crippen LogP contribution in [-0.4, -0.2) is 5.11 Å². The lowest BCUT2D eigenvalue weighted by molar-refractivity contribution is 0.395. The quantitative estimate of drug-likeness (QED) is 0.844. The standard InChI is InChI=1S/C14H11Cl2F2NO/c1-7-2-10(16)13(5-9(7)15)19-6-8-3-11(17)14(20)12(18)4-8/h2-5,19-20H,6H2,1H3. The van der Waals surface area contributed by atoms with Crippen molar-refractivity contribution in [3.8, 4) is 5.75 Å². The highest BCUT2D eigenvalue weighted by atomic mass is 35.5. The number of rotatable bonds is 3. The molecule has 0 aliphatic rings. The first-order valence-corrected chi connectivity index (χ1v) is 6.50. The SMILES string of the molecule is Cc1cc(Cl)c(NCc2cc(F)c(O)c(F)c2)cc1Cl. The predicted molar refractivity (Wildman–Crippen MR) is 76.5 cm³/mol. The van der Waals surface area contributed by atoms with Crippen LogP contribution in [0.5, 0.6) is 5.75 Å². The number of nitrogens with one attached hydrogen (secondary N) is 1. The Morgan fingerprint density at radius 1 is 1.05 bits per heavy atom. The minimum atomic E-state index is -1.00. The molecule has 0 radical (unpaired) electrons. The Balaban J connectivity index is 2.19. The Kier molecular flexibility index (Phi) is 4.35. The van der Waals surface area contributed by atoms with Crippen LogP contribution in [0.1, 0.15) is 11.1 Å². The summed E-state index contributed by atoms with van der Waals surface area (Å²) < 4.78 is 26.4. The van der Waals surface area contributed by atoms with Gasteiger partial charge in [0.05, 0.1) is 10.7 Å². The maximum atomic E-state index is 13.2. The highest BCUT2D eigenvalue weighted by Crippen LogP contribution is 2.29. The Morgan fingerprint density at radius 2 is 1.65 bits per heavy atom. The molecule has 2 N–H and O–H groups in total. The fraction of sp³-hybridized carbons (Fsp3) is 0.143. The summed E-state index contributed by atoms with van der Waals surface area (Å²) in [4.78, 5) is 0. The van der Waals surface area contributed by atoms with E-state index < -0.39 is 17.4 Å². The molecule has 0 fully saturated rings. The van der Waals surface area contributed by atoms with Gasteiger partial charge in [-0.25, -0.2) is 8.78 Å². The molecule has 20 heavy (non-hydrogen) atoms. The molecule has 0 bridgehead atoms. The highest BCUT2D eigenvalue weighted by Gasteiger charge is 2.10. The van der Waals surface area contributed by atoms with Gasteiger partial charge in [0.25, 0.3) is 0 Å². The zero-order valence-corrected chi connectivity index (χ0v) is 12.0. The summed E-state index contributed by atoms with van der Waals surface area (Å²) >= 11 is 12.0. The summed E-state index contributed by atoms with van der Waals surface area (Å²) in [5, 5.41) is 13.0. The van der Waals surface area contributed by atoms with E-state index in [0.717, 1.165) is 17.7 Å². The zero-order chi connectivity index (χ0) is 14.9. The zero-order valence-electron chi connectivity index (χ0n) is 10.5. The molecule has 106 valence electrons. The first-order chi connectivity index (χ1) is 9.38.